The van der Waals surface area contributed by atoms with E-state index in [0.29, 0.717) is 18.3 Å². The van der Waals surface area contributed by atoms with E-state index in [0.717, 1.165) is 18.4 Å². The smallest absolute Gasteiger partial charge is 0.287 e. The van der Waals surface area contributed by atoms with Gasteiger partial charge in [0, 0.05) is 12.5 Å². The summed E-state index contributed by atoms with van der Waals surface area (Å²) in [6.45, 7) is 5.22. The van der Waals surface area contributed by atoms with Crippen LogP contribution in [-0.2, 0) is 0 Å². The lowest BCUT2D eigenvalue weighted by atomic mass is 9.71. The fraction of sp³-hybridized carbons (Fsp3) is 0.588. The fourth-order valence-corrected chi connectivity index (χ4v) is 2.89. The van der Waals surface area contributed by atoms with E-state index in [9.17, 15) is 13.6 Å². The molecule has 110 valence electrons. The van der Waals surface area contributed by atoms with E-state index in [1.54, 1.807) is 0 Å². The number of rotatable bonds is 3. The Morgan fingerprint density at radius 1 is 1.15 bits per heavy atom. The Morgan fingerprint density at radius 3 is 2.10 bits per heavy atom. The summed E-state index contributed by atoms with van der Waals surface area (Å²) in [7, 11) is 0. The molecule has 0 radical (unpaired) electrons. The maximum Gasteiger partial charge on any atom is 0.307 e. The first-order valence-electron chi connectivity index (χ1n) is 7.22. The van der Waals surface area contributed by atoms with E-state index >= 15 is 0 Å². The van der Waals surface area contributed by atoms with Crippen molar-refractivity contribution in [3.8, 4) is 0 Å². The topological polar surface area (TPSA) is 17.1 Å². The highest BCUT2D eigenvalue weighted by atomic mass is 19.3. The van der Waals surface area contributed by atoms with E-state index < -0.39 is 11.7 Å². The lowest BCUT2D eigenvalue weighted by molar-refractivity contribution is 0.0221. The van der Waals surface area contributed by atoms with Crippen molar-refractivity contribution < 1.29 is 13.6 Å². The molecule has 0 amide bonds. The molecule has 0 saturated heterocycles. The highest BCUT2D eigenvalue weighted by Crippen LogP contribution is 2.42. The predicted molar refractivity (Wildman–Crippen MR) is 76.4 cm³/mol. The van der Waals surface area contributed by atoms with E-state index in [2.05, 4.69) is 13.8 Å². The minimum Gasteiger partial charge on any atom is -0.287 e. The number of hydrogen-bond acceptors (Lipinski definition) is 1. The zero-order valence-electron chi connectivity index (χ0n) is 12.4. The van der Waals surface area contributed by atoms with Crippen molar-refractivity contribution in [2.75, 3.05) is 0 Å². The van der Waals surface area contributed by atoms with Gasteiger partial charge in [-0.2, -0.15) is 8.78 Å². The number of alkyl halides is 2. The zero-order chi connectivity index (χ0) is 15.0. The maximum atomic E-state index is 13.0. The van der Waals surface area contributed by atoms with Gasteiger partial charge < -0.3 is 0 Å². The molecular formula is C17H22F2O. The van der Waals surface area contributed by atoms with E-state index in [1.807, 2.05) is 12.1 Å². The van der Waals surface area contributed by atoms with Crippen molar-refractivity contribution in [2.24, 2.45) is 5.41 Å². The predicted octanol–water partition coefficient (Wildman–Crippen LogP) is 5.21. The quantitative estimate of drug-likeness (QED) is 0.695. The van der Waals surface area contributed by atoms with Gasteiger partial charge >= 0.3 is 5.92 Å². The molecule has 1 aromatic rings. The average Bonchev–Trinajstić information content (AvgIpc) is 2.37. The van der Waals surface area contributed by atoms with Crippen LogP contribution in [0.15, 0.2) is 24.3 Å². The molecule has 1 aliphatic rings. The van der Waals surface area contributed by atoms with Crippen LogP contribution in [0.3, 0.4) is 0 Å². The summed E-state index contributed by atoms with van der Waals surface area (Å²) in [6.07, 6.45) is 4.63. The first-order chi connectivity index (χ1) is 9.19. The largest absolute Gasteiger partial charge is 0.307 e. The fourth-order valence-electron chi connectivity index (χ4n) is 2.89. The second-order valence-corrected chi connectivity index (χ2v) is 6.78. The first kappa shape index (κ1) is 15.1. The second kappa shape index (κ2) is 5.27. The van der Waals surface area contributed by atoms with E-state index in [-0.39, 0.29) is 5.56 Å². The van der Waals surface area contributed by atoms with Crippen LogP contribution in [0.1, 0.15) is 68.3 Å². The van der Waals surface area contributed by atoms with Crippen LogP contribution in [0.25, 0.3) is 0 Å². The van der Waals surface area contributed by atoms with Gasteiger partial charge in [-0.25, -0.2) is 0 Å². The van der Waals surface area contributed by atoms with Crippen LogP contribution < -0.4 is 0 Å². The van der Waals surface area contributed by atoms with Gasteiger partial charge in [0.15, 0.2) is 0 Å². The number of ketones is 1. The van der Waals surface area contributed by atoms with E-state index in [4.69, 9.17) is 0 Å². The number of carbonyl (C=O) groups excluding carboxylic acids is 1. The molecule has 3 heteroatoms. The molecular weight excluding hydrogens is 258 g/mol. The van der Waals surface area contributed by atoms with Gasteiger partial charge in [0.25, 0.3) is 0 Å². The van der Waals surface area contributed by atoms with Crippen molar-refractivity contribution in [1.82, 2.24) is 0 Å². The molecule has 20 heavy (non-hydrogen) atoms. The normalized spacial score (nSPS) is 19.9. The molecule has 1 saturated carbocycles. The first-order valence-corrected chi connectivity index (χ1v) is 7.22. The van der Waals surface area contributed by atoms with Crippen molar-refractivity contribution in [2.45, 2.75) is 58.3 Å². The molecule has 0 heterocycles. The number of hydrogen-bond donors (Lipinski definition) is 0. The Labute approximate surface area is 119 Å². The second-order valence-electron chi connectivity index (χ2n) is 6.78. The summed E-state index contributed by atoms with van der Waals surface area (Å²) in [5.41, 5.74) is 1.67. The van der Waals surface area contributed by atoms with Crippen LogP contribution in [0.5, 0.6) is 0 Å². The molecule has 0 atom stereocenters. The van der Waals surface area contributed by atoms with Crippen LogP contribution >= 0.6 is 0 Å². The maximum absolute atomic E-state index is 13.0. The number of Topliss-reactive ketones (excluding diaryl/α,β-unsaturated/α-hetero) is 1. The third-order valence-corrected chi connectivity index (χ3v) is 4.38. The molecule has 0 unspecified atom stereocenters. The number of halogens is 2. The minimum atomic E-state index is -3.30. The Morgan fingerprint density at radius 2 is 1.65 bits per heavy atom. The van der Waals surface area contributed by atoms with Crippen molar-refractivity contribution in [3.05, 3.63) is 35.4 Å². The van der Waals surface area contributed by atoms with Crippen LogP contribution in [0.4, 0.5) is 8.78 Å². The van der Waals surface area contributed by atoms with Gasteiger partial charge in [-0.15, -0.1) is 0 Å². The number of carbonyl (C=O) groups is 1. The van der Waals surface area contributed by atoms with Crippen LogP contribution in [-0.4, -0.2) is 11.7 Å². The molecule has 0 spiro atoms. The Balaban J connectivity index is 2.08. The third-order valence-electron chi connectivity index (χ3n) is 4.38. The highest BCUT2D eigenvalue weighted by Gasteiger charge is 2.33. The SMILES string of the molecule is CC1(C)CCC(c2ccc(C(=O)C(C)(F)F)cc2)CC1. The molecule has 0 bridgehead atoms. The minimum absolute atomic E-state index is 0.0948. The molecule has 0 N–H and O–H groups in total. The monoisotopic (exact) mass is 280 g/mol. The molecule has 0 aliphatic heterocycles. The molecule has 1 fully saturated rings. The number of benzene rings is 1. The molecule has 1 aromatic carbocycles. The molecule has 1 nitrogen and oxygen atoms in total. The Hall–Kier alpha value is -1.25. The molecule has 1 aliphatic carbocycles. The third kappa shape index (κ3) is 3.44. The standard InChI is InChI=1S/C17H22F2O/c1-16(2)10-8-13(9-11-16)12-4-6-14(7-5-12)15(20)17(3,18)19/h4-7,13H,8-11H2,1-3H3. The van der Waals surface area contributed by atoms with Gasteiger partial charge in [-0.05, 0) is 42.6 Å². The Bertz CT molecular complexity index is 473. The van der Waals surface area contributed by atoms with Crippen molar-refractivity contribution in [3.63, 3.8) is 0 Å². The van der Waals surface area contributed by atoms with Gasteiger partial charge in [0.1, 0.15) is 0 Å². The molecule has 2 rings (SSSR count). The average molecular weight is 280 g/mol. The summed E-state index contributed by atoms with van der Waals surface area (Å²) in [4.78, 5) is 11.5. The summed E-state index contributed by atoms with van der Waals surface area (Å²) < 4.78 is 26.0. The van der Waals surface area contributed by atoms with Gasteiger partial charge in [-0.3, -0.25) is 4.79 Å². The van der Waals surface area contributed by atoms with Crippen LogP contribution in [0.2, 0.25) is 0 Å². The van der Waals surface area contributed by atoms with E-state index in [1.165, 1.54) is 25.0 Å². The van der Waals surface area contributed by atoms with Gasteiger partial charge in [-0.1, -0.05) is 38.1 Å². The summed E-state index contributed by atoms with van der Waals surface area (Å²) in [6, 6.07) is 6.74. The summed E-state index contributed by atoms with van der Waals surface area (Å²) in [5, 5.41) is 0. The lowest BCUT2D eigenvalue weighted by Crippen LogP contribution is -2.24. The van der Waals surface area contributed by atoms with Gasteiger partial charge in [0.2, 0.25) is 5.78 Å². The zero-order valence-corrected chi connectivity index (χ0v) is 12.4. The molecule has 0 aromatic heterocycles. The summed E-state index contributed by atoms with van der Waals surface area (Å²) in [5.74, 6) is -3.90. The van der Waals surface area contributed by atoms with Crippen LogP contribution in [0, 0.1) is 5.41 Å². The van der Waals surface area contributed by atoms with Crippen molar-refractivity contribution in [1.29, 1.82) is 0 Å². The Kier molecular flexibility index (Phi) is 3.99. The summed E-state index contributed by atoms with van der Waals surface area (Å²) >= 11 is 0. The highest BCUT2D eigenvalue weighted by molar-refractivity contribution is 6.01. The van der Waals surface area contributed by atoms with Gasteiger partial charge in [0.05, 0.1) is 0 Å². The van der Waals surface area contributed by atoms with Crippen molar-refractivity contribution >= 4 is 5.78 Å². The lowest BCUT2D eigenvalue weighted by Gasteiger charge is -2.34.